The van der Waals surface area contributed by atoms with E-state index in [1.807, 2.05) is 23.7 Å². The number of fused-ring (bicyclic) bond motifs is 3. The van der Waals surface area contributed by atoms with Crippen LogP contribution in [-0.4, -0.2) is 22.9 Å². The number of benzene rings is 2. The number of hydrogen-bond donors (Lipinski definition) is 1. The molecule has 1 N–H and O–H groups in total. The Morgan fingerprint density at radius 1 is 1.12 bits per heavy atom. The molecule has 2 aromatic carbocycles. The zero-order valence-corrected chi connectivity index (χ0v) is 15.3. The third-order valence-electron chi connectivity index (χ3n) is 4.79. The second kappa shape index (κ2) is 6.02. The van der Waals surface area contributed by atoms with Gasteiger partial charge in [-0.25, -0.2) is 9.48 Å². The molecule has 5 nitrogen and oxygen atoms in total. The average Bonchev–Trinajstić information content (AvgIpc) is 3.02. The van der Waals surface area contributed by atoms with Crippen LogP contribution in [0.2, 0.25) is 0 Å². The predicted octanol–water partition coefficient (Wildman–Crippen LogP) is 4.23. The number of nitrogens with zero attached hydrogens (tertiary/aromatic N) is 2. The maximum Gasteiger partial charge on any atom is 0.337 e. The van der Waals surface area contributed by atoms with E-state index in [1.165, 1.54) is 23.8 Å². The maximum absolute atomic E-state index is 11.7. The molecule has 4 rings (SSSR count). The van der Waals surface area contributed by atoms with Gasteiger partial charge in [0, 0.05) is 11.3 Å². The SMILES string of the molecule is COC(=O)c1ccc([C@@H]2Nc3c(C)cc(C)cc3-c3cc(C)nn32)cc1. The lowest BCUT2D eigenvalue weighted by atomic mass is 9.98. The minimum atomic E-state index is -0.333. The maximum atomic E-state index is 11.7. The molecule has 3 aromatic rings. The molecule has 0 amide bonds. The van der Waals surface area contributed by atoms with Crippen LogP contribution in [-0.2, 0) is 4.74 Å². The standard InChI is InChI=1S/C21H21N3O2/c1-12-9-13(2)19-17(10-12)18-11-14(3)23-24(18)20(22-19)15-5-7-16(8-6-15)21(25)26-4/h5-11,20,22H,1-4H3/t20-/m1/s1. The molecule has 1 atom stereocenters. The van der Waals surface area contributed by atoms with Gasteiger partial charge < -0.3 is 10.1 Å². The monoisotopic (exact) mass is 347 g/mol. The number of hydrogen-bond acceptors (Lipinski definition) is 4. The molecule has 0 saturated carbocycles. The Morgan fingerprint density at radius 3 is 2.54 bits per heavy atom. The van der Waals surface area contributed by atoms with Gasteiger partial charge in [-0.1, -0.05) is 23.8 Å². The van der Waals surface area contributed by atoms with Crippen LogP contribution >= 0.6 is 0 Å². The van der Waals surface area contributed by atoms with Crippen molar-refractivity contribution in [1.82, 2.24) is 9.78 Å². The summed E-state index contributed by atoms with van der Waals surface area (Å²) in [6.45, 7) is 6.23. The molecule has 0 saturated heterocycles. The van der Waals surface area contributed by atoms with E-state index in [4.69, 9.17) is 9.84 Å². The molecule has 1 aliphatic heterocycles. The van der Waals surface area contributed by atoms with Gasteiger partial charge in [-0.15, -0.1) is 0 Å². The summed E-state index contributed by atoms with van der Waals surface area (Å²) < 4.78 is 6.80. The highest BCUT2D eigenvalue weighted by atomic mass is 16.5. The first kappa shape index (κ1) is 16.4. The minimum Gasteiger partial charge on any atom is -0.465 e. The van der Waals surface area contributed by atoms with E-state index in [9.17, 15) is 4.79 Å². The Morgan fingerprint density at radius 2 is 1.85 bits per heavy atom. The van der Waals surface area contributed by atoms with E-state index in [0.717, 1.165) is 22.6 Å². The van der Waals surface area contributed by atoms with Crippen LogP contribution in [0.4, 0.5) is 5.69 Å². The number of carbonyl (C=O) groups excluding carboxylic acids is 1. The minimum absolute atomic E-state index is 0.126. The Labute approximate surface area is 152 Å². The van der Waals surface area contributed by atoms with Crippen LogP contribution in [0.25, 0.3) is 11.3 Å². The molecule has 1 aliphatic rings. The van der Waals surface area contributed by atoms with E-state index < -0.39 is 0 Å². The number of ether oxygens (including phenoxy) is 1. The number of methoxy groups -OCH3 is 1. The topological polar surface area (TPSA) is 56.1 Å². The van der Waals surface area contributed by atoms with E-state index in [1.54, 1.807) is 12.1 Å². The van der Waals surface area contributed by atoms with E-state index in [0.29, 0.717) is 5.56 Å². The van der Waals surface area contributed by atoms with Crippen LogP contribution in [0.3, 0.4) is 0 Å². The third-order valence-corrected chi connectivity index (χ3v) is 4.79. The van der Waals surface area contributed by atoms with Gasteiger partial charge in [0.25, 0.3) is 0 Å². The highest BCUT2D eigenvalue weighted by Gasteiger charge is 2.27. The molecule has 0 radical (unpaired) electrons. The summed E-state index contributed by atoms with van der Waals surface area (Å²) in [5.74, 6) is -0.333. The Kier molecular flexibility index (Phi) is 3.80. The smallest absolute Gasteiger partial charge is 0.337 e. The number of carbonyl (C=O) groups is 1. The fraction of sp³-hybridized carbons (Fsp3) is 0.238. The molecule has 1 aromatic heterocycles. The van der Waals surface area contributed by atoms with Gasteiger partial charge in [-0.05, 0) is 56.2 Å². The Balaban J connectivity index is 1.82. The van der Waals surface area contributed by atoms with Crippen LogP contribution in [0.1, 0.15) is 38.9 Å². The summed E-state index contributed by atoms with van der Waals surface area (Å²) in [5.41, 5.74) is 8.39. The van der Waals surface area contributed by atoms with Crippen molar-refractivity contribution in [3.63, 3.8) is 0 Å². The molecular formula is C21H21N3O2. The highest BCUT2D eigenvalue weighted by Crippen LogP contribution is 2.41. The van der Waals surface area contributed by atoms with Crippen molar-refractivity contribution in [1.29, 1.82) is 0 Å². The molecule has 132 valence electrons. The first-order valence-corrected chi connectivity index (χ1v) is 8.60. The number of nitrogens with one attached hydrogen (secondary N) is 1. The van der Waals surface area contributed by atoms with Gasteiger partial charge >= 0.3 is 5.97 Å². The summed E-state index contributed by atoms with van der Waals surface area (Å²) in [5, 5.41) is 8.33. The molecular weight excluding hydrogens is 326 g/mol. The van der Waals surface area contributed by atoms with E-state index in [-0.39, 0.29) is 12.1 Å². The van der Waals surface area contributed by atoms with Gasteiger partial charge in [-0.2, -0.15) is 5.10 Å². The molecule has 2 heterocycles. The van der Waals surface area contributed by atoms with Crippen LogP contribution in [0.5, 0.6) is 0 Å². The van der Waals surface area contributed by atoms with Crippen molar-refractivity contribution < 1.29 is 9.53 Å². The summed E-state index contributed by atoms with van der Waals surface area (Å²) in [6, 6.07) is 14.0. The van der Waals surface area contributed by atoms with Gasteiger partial charge in [-0.3, -0.25) is 0 Å². The highest BCUT2D eigenvalue weighted by molar-refractivity contribution is 5.89. The second-order valence-electron chi connectivity index (χ2n) is 6.78. The fourth-order valence-corrected chi connectivity index (χ4v) is 3.62. The lowest BCUT2D eigenvalue weighted by molar-refractivity contribution is 0.0600. The van der Waals surface area contributed by atoms with Gasteiger partial charge in [0.05, 0.1) is 24.1 Å². The number of esters is 1. The molecule has 0 bridgehead atoms. The quantitative estimate of drug-likeness (QED) is 0.705. The van der Waals surface area contributed by atoms with Crippen LogP contribution in [0, 0.1) is 20.8 Å². The van der Waals surface area contributed by atoms with Crippen LogP contribution in [0.15, 0.2) is 42.5 Å². The summed E-state index contributed by atoms with van der Waals surface area (Å²) in [6.07, 6.45) is -0.126. The summed E-state index contributed by atoms with van der Waals surface area (Å²) >= 11 is 0. The second-order valence-corrected chi connectivity index (χ2v) is 6.78. The molecule has 26 heavy (non-hydrogen) atoms. The van der Waals surface area contributed by atoms with Gasteiger partial charge in [0.1, 0.15) is 6.17 Å². The number of rotatable bonds is 2. The lowest BCUT2D eigenvalue weighted by Crippen LogP contribution is -2.26. The van der Waals surface area contributed by atoms with Crippen LogP contribution < -0.4 is 5.32 Å². The average molecular weight is 347 g/mol. The van der Waals surface area contributed by atoms with Crippen molar-refractivity contribution >= 4 is 11.7 Å². The van der Waals surface area contributed by atoms with E-state index >= 15 is 0 Å². The fourth-order valence-electron chi connectivity index (χ4n) is 3.62. The number of aromatic nitrogens is 2. The van der Waals surface area contributed by atoms with Crippen molar-refractivity contribution in [2.45, 2.75) is 26.9 Å². The molecule has 0 unspecified atom stereocenters. The Bertz CT molecular complexity index is 1000. The lowest BCUT2D eigenvalue weighted by Gasteiger charge is -2.30. The van der Waals surface area contributed by atoms with Crippen molar-refractivity contribution in [2.75, 3.05) is 12.4 Å². The van der Waals surface area contributed by atoms with Crippen molar-refractivity contribution in [2.24, 2.45) is 0 Å². The summed E-state index contributed by atoms with van der Waals surface area (Å²) in [4.78, 5) is 11.7. The third kappa shape index (κ3) is 2.56. The largest absolute Gasteiger partial charge is 0.465 e. The van der Waals surface area contributed by atoms with Gasteiger partial charge in [0.15, 0.2) is 0 Å². The molecule has 5 heteroatoms. The van der Waals surface area contributed by atoms with Crippen molar-refractivity contribution in [3.8, 4) is 11.3 Å². The number of anilines is 1. The zero-order valence-electron chi connectivity index (χ0n) is 15.3. The molecule has 0 fully saturated rings. The Hall–Kier alpha value is -3.08. The zero-order chi connectivity index (χ0) is 18.4. The first-order chi connectivity index (χ1) is 12.5. The van der Waals surface area contributed by atoms with Crippen molar-refractivity contribution in [3.05, 3.63) is 70.4 Å². The molecule has 0 spiro atoms. The first-order valence-electron chi connectivity index (χ1n) is 8.60. The molecule has 0 aliphatic carbocycles. The van der Waals surface area contributed by atoms with E-state index in [2.05, 4.69) is 37.4 Å². The van der Waals surface area contributed by atoms with Gasteiger partial charge in [0.2, 0.25) is 0 Å². The normalized spacial score (nSPS) is 15.0. The number of aryl methyl sites for hydroxylation is 3. The predicted molar refractivity (Wildman–Crippen MR) is 101 cm³/mol. The summed E-state index contributed by atoms with van der Waals surface area (Å²) in [7, 11) is 1.39.